The number of nitrogens with zero attached hydrogens (tertiary/aromatic N) is 2. The molecule has 21 heavy (non-hydrogen) atoms. The fraction of sp³-hybridized carbons (Fsp3) is 0.0714. The van der Waals surface area contributed by atoms with E-state index in [4.69, 9.17) is 21.6 Å². The smallest absolute Gasteiger partial charge is 0.262 e. The molecule has 1 aromatic heterocycles. The molecule has 0 unspecified atom stereocenters. The molecule has 2 aromatic rings. The van der Waals surface area contributed by atoms with Gasteiger partial charge in [-0.25, -0.2) is 9.37 Å². The van der Waals surface area contributed by atoms with Crippen molar-refractivity contribution in [3.8, 4) is 11.8 Å². The van der Waals surface area contributed by atoms with Gasteiger partial charge in [-0.15, -0.1) is 0 Å². The van der Waals surface area contributed by atoms with Crippen molar-refractivity contribution >= 4 is 23.2 Å². The maximum atomic E-state index is 13.8. The van der Waals surface area contributed by atoms with Crippen LogP contribution in [0.15, 0.2) is 30.5 Å². The molecule has 0 atom stereocenters. The third kappa shape index (κ3) is 3.09. The van der Waals surface area contributed by atoms with Crippen molar-refractivity contribution in [3.05, 3.63) is 52.6 Å². The van der Waals surface area contributed by atoms with E-state index >= 15 is 0 Å². The van der Waals surface area contributed by atoms with Gasteiger partial charge in [-0.1, -0.05) is 17.7 Å². The molecule has 1 aromatic carbocycles. The summed E-state index contributed by atoms with van der Waals surface area (Å²) in [6.07, 6.45) is 1.22. The Hall–Kier alpha value is -2.65. The van der Waals surface area contributed by atoms with Gasteiger partial charge in [-0.05, 0) is 12.1 Å². The summed E-state index contributed by atoms with van der Waals surface area (Å²) in [7, 11) is 1.33. The minimum Gasteiger partial charge on any atom is -0.496 e. The second-order valence-electron chi connectivity index (χ2n) is 3.94. The number of rotatable bonds is 3. The summed E-state index contributed by atoms with van der Waals surface area (Å²) >= 11 is 5.72. The number of methoxy groups -OCH3 is 1. The summed E-state index contributed by atoms with van der Waals surface area (Å²) in [5, 5.41) is 11.5. The minimum atomic E-state index is -0.747. The fourth-order valence-corrected chi connectivity index (χ4v) is 1.86. The van der Waals surface area contributed by atoms with Crippen molar-refractivity contribution in [2.75, 3.05) is 12.4 Å². The summed E-state index contributed by atoms with van der Waals surface area (Å²) in [6.45, 7) is 0. The molecule has 0 bridgehead atoms. The van der Waals surface area contributed by atoms with Crippen LogP contribution in [0.4, 0.5) is 10.1 Å². The Kier molecular flexibility index (Phi) is 4.36. The van der Waals surface area contributed by atoms with Crippen molar-refractivity contribution in [1.82, 2.24) is 4.98 Å². The zero-order valence-electron chi connectivity index (χ0n) is 10.9. The van der Waals surface area contributed by atoms with Crippen LogP contribution in [0.2, 0.25) is 5.15 Å². The molecular formula is C14H9ClFN3O2. The Morgan fingerprint density at radius 3 is 2.95 bits per heavy atom. The number of ether oxygens (including phenoxy) is 1. The number of carbonyl (C=O) groups is 1. The Bertz CT molecular complexity index is 743. The zero-order chi connectivity index (χ0) is 15.4. The van der Waals surface area contributed by atoms with Gasteiger partial charge < -0.3 is 10.1 Å². The number of halogens is 2. The third-order valence-corrected chi connectivity index (χ3v) is 2.87. The molecule has 0 aliphatic heterocycles. The molecule has 5 nitrogen and oxygen atoms in total. The number of aromatic nitrogens is 1. The van der Waals surface area contributed by atoms with Crippen LogP contribution in [0.25, 0.3) is 0 Å². The zero-order valence-corrected chi connectivity index (χ0v) is 11.6. The molecule has 0 fully saturated rings. The number of nitrogens with one attached hydrogen (secondary N) is 1. The van der Waals surface area contributed by atoms with Gasteiger partial charge in [0.2, 0.25) is 0 Å². The van der Waals surface area contributed by atoms with Crippen LogP contribution in [0.3, 0.4) is 0 Å². The first-order valence-corrected chi connectivity index (χ1v) is 6.14. The van der Waals surface area contributed by atoms with E-state index < -0.39 is 11.7 Å². The van der Waals surface area contributed by atoms with Crippen LogP contribution in [0.1, 0.15) is 15.9 Å². The van der Waals surface area contributed by atoms with Gasteiger partial charge in [0, 0.05) is 12.3 Å². The van der Waals surface area contributed by atoms with E-state index in [0.29, 0.717) is 0 Å². The molecule has 1 heterocycles. The number of hydrogen-bond acceptors (Lipinski definition) is 4. The van der Waals surface area contributed by atoms with Crippen LogP contribution >= 0.6 is 11.6 Å². The molecule has 0 spiro atoms. The standard InChI is InChI=1S/C14H9ClFN3O2/c1-21-11-4-2-3-9(16)13(11)14(20)19-10-5-12(15)18-7-8(10)6-17/h2-5,7H,1H3,(H,18,19,20). The fourth-order valence-electron chi connectivity index (χ4n) is 1.70. The lowest BCUT2D eigenvalue weighted by atomic mass is 10.1. The Morgan fingerprint density at radius 1 is 1.52 bits per heavy atom. The maximum Gasteiger partial charge on any atom is 0.262 e. The first kappa shape index (κ1) is 14.8. The highest BCUT2D eigenvalue weighted by Gasteiger charge is 2.19. The summed E-state index contributed by atoms with van der Waals surface area (Å²) < 4.78 is 18.8. The van der Waals surface area contributed by atoms with Crippen LogP contribution in [-0.2, 0) is 0 Å². The van der Waals surface area contributed by atoms with E-state index in [-0.39, 0.29) is 27.7 Å². The number of hydrogen-bond donors (Lipinski definition) is 1. The summed E-state index contributed by atoms with van der Waals surface area (Å²) in [5.74, 6) is -1.39. The predicted molar refractivity (Wildman–Crippen MR) is 74.9 cm³/mol. The van der Waals surface area contributed by atoms with Gasteiger partial charge in [0.1, 0.15) is 28.4 Å². The number of amides is 1. The van der Waals surface area contributed by atoms with E-state index in [1.165, 1.54) is 31.5 Å². The van der Waals surface area contributed by atoms with Gasteiger partial charge in [0.05, 0.1) is 18.4 Å². The molecule has 106 valence electrons. The Labute approximate surface area is 124 Å². The average Bonchev–Trinajstić information content (AvgIpc) is 2.47. The lowest BCUT2D eigenvalue weighted by Crippen LogP contribution is -2.16. The van der Waals surface area contributed by atoms with Crippen molar-refractivity contribution in [2.24, 2.45) is 0 Å². The number of benzene rings is 1. The molecule has 1 N–H and O–H groups in total. The van der Waals surface area contributed by atoms with Crippen molar-refractivity contribution in [2.45, 2.75) is 0 Å². The highest BCUT2D eigenvalue weighted by molar-refractivity contribution is 6.29. The van der Waals surface area contributed by atoms with E-state index in [2.05, 4.69) is 10.3 Å². The molecule has 2 rings (SSSR count). The number of nitriles is 1. The molecule has 1 amide bonds. The van der Waals surface area contributed by atoms with Gasteiger partial charge >= 0.3 is 0 Å². The normalized spacial score (nSPS) is 9.81. The molecule has 0 saturated carbocycles. The van der Waals surface area contributed by atoms with Crippen LogP contribution < -0.4 is 10.1 Å². The summed E-state index contributed by atoms with van der Waals surface area (Å²) in [6, 6.07) is 7.20. The highest BCUT2D eigenvalue weighted by atomic mass is 35.5. The predicted octanol–water partition coefficient (Wildman–Crippen LogP) is 3.01. The SMILES string of the molecule is COc1cccc(F)c1C(=O)Nc1cc(Cl)ncc1C#N. The molecule has 0 aliphatic carbocycles. The van der Waals surface area contributed by atoms with Crippen LogP contribution in [0, 0.1) is 17.1 Å². The van der Waals surface area contributed by atoms with Crippen LogP contribution in [-0.4, -0.2) is 18.0 Å². The molecule has 0 saturated heterocycles. The summed E-state index contributed by atoms with van der Waals surface area (Å²) in [4.78, 5) is 15.9. The highest BCUT2D eigenvalue weighted by Crippen LogP contribution is 2.24. The second-order valence-corrected chi connectivity index (χ2v) is 4.32. The molecule has 7 heteroatoms. The van der Waals surface area contributed by atoms with Gasteiger partial charge in [0.15, 0.2) is 0 Å². The van der Waals surface area contributed by atoms with Gasteiger partial charge in [-0.2, -0.15) is 5.26 Å². The minimum absolute atomic E-state index is 0.0890. The molecule has 0 radical (unpaired) electrons. The van der Waals surface area contributed by atoms with Crippen molar-refractivity contribution in [1.29, 1.82) is 5.26 Å². The van der Waals surface area contributed by atoms with E-state index in [9.17, 15) is 9.18 Å². The van der Waals surface area contributed by atoms with E-state index in [1.807, 2.05) is 6.07 Å². The third-order valence-electron chi connectivity index (χ3n) is 2.66. The maximum absolute atomic E-state index is 13.8. The number of anilines is 1. The second kappa shape index (κ2) is 6.20. The number of pyridine rings is 1. The topological polar surface area (TPSA) is 75.0 Å². The summed E-state index contributed by atoms with van der Waals surface area (Å²) in [5.41, 5.74) is 0.00712. The number of carbonyl (C=O) groups excluding carboxylic acids is 1. The first-order valence-electron chi connectivity index (χ1n) is 5.76. The molecular weight excluding hydrogens is 297 g/mol. The van der Waals surface area contributed by atoms with E-state index in [0.717, 1.165) is 6.07 Å². The quantitative estimate of drug-likeness (QED) is 0.885. The van der Waals surface area contributed by atoms with Crippen molar-refractivity contribution < 1.29 is 13.9 Å². The van der Waals surface area contributed by atoms with Gasteiger partial charge in [-0.3, -0.25) is 4.79 Å². The largest absolute Gasteiger partial charge is 0.496 e. The Balaban J connectivity index is 2.40. The van der Waals surface area contributed by atoms with Crippen LogP contribution in [0.5, 0.6) is 5.75 Å². The average molecular weight is 306 g/mol. The lowest BCUT2D eigenvalue weighted by molar-refractivity contribution is 0.102. The molecule has 0 aliphatic rings. The lowest BCUT2D eigenvalue weighted by Gasteiger charge is -2.11. The Morgan fingerprint density at radius 2 is 2.29 bits per heavy atom. The van der Waals surface area contributed by atoms with Gasteiger partial charge in [0.25, 0.3) is 5.91 Å². The van der Waals surface area contributed by atoms with Crippen molar-refractivity contribution in [3.63, 3.8) is 0 Å². The van der Waals surface area contributed by atoms with E-state index in [1.54, 1.807) is 0 Å². The first-order chi connectivity index (χ1) is 10.1. The monoisotopic (exact) mass is 305 g/mol.